The lowest BCUT2D eigenvalue weighted by Gasteiger charge is -2.07. The van der Waals surface area contributed by atoms with E-state index in [9.17, 15) is 0 Å². The van der Waals surface area contributed by atoms with Crippen molar-refractivity contribution in [2.24, 2.45) is 10.1 Å². The van der Waals surface area contributed by atoms with Crippen LogP contribution in [-0.4, -0.2) is 16.9 Å². The summed E-state index contributed by atoms with van der Waals surface area (Å²) >= 11 is 5.30. The predicted octanol–water partition coefficient (Wildman–Crippen LogP) is 4.68. The molecule has 2 aromatic rings. The molecule has 3 rings (SSSR count). The van der Waals surface area contributed by atoms with Crippen LogP contribution in [0.5, 0.6) is 0 Å². The first kappa shape index (κ1) is 14.7. The zero-order valence-corrected chi connectivity index (χ0v) is 14.5. The first-order valence-electron chi connectivity index (χ1n) is 7.32. The topological polar surface area (TPSA) is 29.6 Å². The minimum Gasteiger partial charge on any atom is -0.258 e. The third-order valence-electron chi connectivity index (χ3n) is 3.55. The van der Waals surface area contributed by atoms with Gasteiger partial charge in [-0.05, 0) is 38.7 Å². The minimum absolute atomic E-state index is 0.779. The summed E-state index contributed by atoms with van der Waals surface area (Å²) < 4.78 is 3.11. The fourth-order valence-electron chi connectivity index (χ4n) is 2.52. The Balaban J connectivity index is 2.15. The number of halogens is 1. The maximum Gasteiger partial charge on any atom is 0.206 e. The van der Waals surface area contributed by atoms with Crippen LogP contribution in [0.3, 0.4) is 0 Å². The monoisotopic (exact) mass is 363 g/mol. The van der Waals surface area contributed by atoms with Crippen molar-refractivity contribution in [3.05, 3.63) is 38.9 Å². The van der Waals surface area contributed by atoms with Gasteiger partial charge in [0.2, 0.25) is 4.80 Å². The van der Waals surface area contributed by atoms with Crippen LogP contribution < -0.4 is 4.80 Å². The van der Waals surface area contributed by atoms with E-state index in [2.05, 4.69) is 51.4 Å². The van der Waals surface area contributed by atoms with Gasteiger partial charge in [-0.15, -0.1) is 11.3 Å². The van der Waals surface area contributed by atoms with Crippen molar-refractivity contribution in [1.82, 2.24) is 4.68 Å². The van der Waals surface area contributed by atoms with Crippen LogP contribution in [0.15, 0.2) is 44.2 Å². The molecule has 21 heavy (non-hydrogen) atoms. The summed E-state index contributed by atoms with van der Waals surface area (Å²) in [6.07, 6.45) is 4.75. The molecular formula is C16H18BrN3S. The third kappa shape index (κ3) is 3.19. The SMILES string of the molecule is CCN=c1scc(-c2ccccc2Br)n1N=C1CCCC1. The van der Waals surface area contributed by atoms with Gasteiger partial charge in [0, 0.05) is 27.7 Å². The second kappa shape index (κ2) is 6.71. The van der Waals surface area contributed by atoms with E-state index >= 15 is 0 Å². The average molecular weight is 364 g/mol. The van der Waals surface area contributed by atoms with Gasteiger partial charge >= 0.3 is 0 Å². The molecule has 0 amide bonds. The molecule has 0 N–H and O–H groups in total. The molecule has 1 aromatic heterocycles. The van der Waals surface area contributed by atoms with Crippen LogP contribution in [0.2, 0.25) is 0 Å². The molecule has 0 aliphatic heterocycles. The second-order valence-electron chi connectivity index (χ2n) is 5.04. The molecule has 0 saturated heterocycles. The molecule has 110 valence electrons. The standard InChI is InChI=1S/C16H18BrN3S/c1-2-18-16-20(19-12-7-3-4-8-12)15(11-21-16)13-9-5-6-10-14(13)17/h5-6,9-11H,2-4,7-8H2,1H3. The van der Waals surface area contributed by atoms with Crippen molar-refractivity contribution < 1.29 is 0 Å². The molecule has 0 spiro atoms. The van der Waals surface area contributed by atoms with E-state index in [0.717, 1.165) is 39.9 Å². The first-order chi connectivity index (χ1) is 10.3. The Kier molecular flexibility index (Phi) is 4.70. The van der Waals surface area contributed by atoms with Gasteiger partial charge in [-0.2, -0.15) is 5.10 Å². The number of hydrogen-bond acceptors (Lipinski definition) is 3. The van der Waals surface area contributed by atoms with E-state index < -0.39 is 0 Å². The van der Waals surface area contributed by atoms with Crippen molar-refractivity contribution in [3.8, 4) is 11.3 Å². The van der Waals surface area contributed by atoms with Gasteiger partial charge in [0.25, 0.3) is 0 Å². The Hall–Kier alpha value is -1.20. The van der Waals surface area contributed by atoms with Crippen LogP contribution in [0.4, 0.5) is 0 Å². The minimum atomic E-state index is 0.779. The molecule has 1 aliphatic rings. The lowest BCUT2D eigenvalue weighted by atomic mass is 10.2. The van der Waals surface area contributed by atoms with E-state index in [1.807, 2.05) is 10.7 Å². The summed E-state index contributed by atoms with van der Waals surface area (Å²) in [4.78, 5) is 5.56. The Bertz CT molecular complexity index is 719. The molecule has 0 bridgehead atoms. The molecule has 1 aromatic carbocycles. The Morgan fingerprint density at radius 2 is 2.00 bits per heavy atom. The molecule has 5 heteroatoms. The van der Waals surface area contributed by atoms with E-state index in [0.29, 0.717) is 0 Å². The summed E-state index contributed by atoms with van der Waals surface area (Å²) in [6, 6.07) is 8.27. The van der Waals surface area contributed by atoms with E-state index in [-0.39, 0.29) is 0 Å². The first-order valence-corrected chi connectivity index (χ1v) is 8.99. The molecule has 1 heterocycles. The molecule has 1 aliphatic carbocycles. The Morgan fingerprint density at radius 1 is 1.24 bits per heavy atom. The smallest absolute Gasteiger partial charge is 0.206 e. The number of aromatic nitrogens is 1. The van der Waals surface area contributed by atoms with Gasteiger partial charge in [-0.1, -0.05) is 34.1 Å². The molecule has 0 atom stereocenters. The molecule has 3 nitrogen and oxygen atoms in total. The second-order valence-corrected chi connectivity index (χ2v) is 6.73. The maximum atomic E-state index is 4.88. The molecule has 0 radical (unpaired) electrons. The van der Waals surface area contributed by atoms with Crippen LogP contribution >= 0.6 is 27.3 Å². The highest BCUT2D eigenvalue weighted by atomic mass is 79.9. The highest BCUT2D eigenvalue weighted by Crippen LogP contribution is 2.28. The largest absolute Gasteiger partial charge is 0.258 e. The fourth-order valence-corrected chi connectivity index (χ4v) is 3.89. The van der Waals surface area contributed by atoms with Crippen LogP contribution in [0.1, 0.15) is 32.6 Å². The van der Waals surface area contributed by atoms with Crippen molar-refractivity contribution in [2.45, 2.75) is 32.6 Å². The molecule has 0 unspecified atom stereocenters. The van der Waals surface area contributed by atoms with Crippen LogP contribution in [0, 0.1) is 0 Å². The predicted molar refractivity (Wildman–Crippen MR) is 92.9 cm³/mol. The zero-order chi connectivity index (χ0) is 14.7. The van der Waals surface area contributed by atoms with Crippen LogP contribution in [0.25, 0.3) is 11.3 Å². The van der Waals surface area contributed by atoms with Crippen molar-refractivity contribution in [2.75, 3.05) is 6.54 Å². The van der Waals surface area contributed by atoms with Gasteiger partial charge in [0.15, 0.2) is 0 Å². The van der Waals surface area contributed by atoms with Gasteiger partial charge in [0.1, 0.15) is 0 Å². The lowest BCUT2D eigenvalue weighted by Crippen LogP contribution is -2.14. The number of rotatable bonds is 3. The highest BCUT2D eigenvalue weighted by Gasteiger charge is 2.13. The number of nitrogens with zero attached hydrogens (tertiary/aromatic N) is 3. The number of benzene rings is 1. The normalized spacial score (nSPS) is 15.7. The Labute approximate surface area is 137 Å². The number of thiazole rings is 1. The molecular weight excluding hydrogens is 346 g/mol. The average Bonchev–Trinajstić information content (AvgIpc) is 3.12. The van der Waals surface area contributed by atoms with Gasteiger partial charge in [-0.25, -0.2) is 4.68 Å². The van der Waals surface area contributed by atoms with Gasteiger partial charge in [0.05, 0.1) is 5.69 Å². The Morgan fingerprint density at radius 3 is 2.71 bits per heavy atom. The van der Waals surface area contributed by atoms with Gasteiger partial charge in [-0.3, -0.25) is 4.99 Å². The summed E-state index contributed by atoms with van der Waals surface area (Å²) in [5, 5.41) is 7.03. The van der Waals surface area contributed by atoms with Crippen molar-refractivity contribution in [1.29, 1.82) is 0 Å². The zero-order valence-electron chi connectivity index (χ0n) is 12.1. The lowest BCUT2D eigenvalue weighted by molar-refractivity contribution is 0.821. The highest BCUT2D eigenvalue weighted by molar-refractivity contribution is 9.10. The summed E-state index contributed by atoms with van der Waals surface area (Å²) in [5.74, 6) is 0. The van der Waals surface area contributed by atoms with E-state index in [1.54, 1.807) is 11.3 Å². The van der Waals surface area contributed by atoms with Crippen molar-refractivity contribution in [3.63, 3.8) is 0 Å². The maximum absolute atomic E-state index is 4.88. The third-order valence-corrected chi connectivity index (χ3v) is 5.10. The fraction of sp³-hybridized carbons (Fsp3) is 0.375. The summed E-state index contributed by atoms with van der Waals surface area (Å²) in [6.45, 7) is 2.84. The van der Waals surface area contributed by atoms with Crippen LogP contribution in [-0.2, 0) is 0 Å². The molecule has 1 saturated carbocycles. The quantitative estimate of drug-likeness (QED) is 0.757. The summed E-state index contributed by atoms with van der Waals surface area (Å²) in [7, 11) is 0. The van der Waals surface area contributed by atoms with Gasteiger partial charge < -0.3 is 0 Å². The van der Waals surface area contributed by atoms with E-state index in [1.165, 1.54) is 18.6 Å². The van der Waals surface area contributed by atoms with Crippen molar-refractivity contribution >= 4 is 33.0 Å². The summed E-state index contributed by atoms with van der Waals surface area (Å²) in [5.41, 5.74) is 3.56. The molecule has 1 fully saturated rings. The van der Waals surface area contributed by atoms with E-state index in [4.69, 9.17) is 5.10 Å². The number of hydrogen-bond donors (Lipinski definition) is 0.